The number of aromatic nitrogens is 2. The topological polar surface area (TPSA) is 61.6 Å². The normalized spacial score (nSPS) is 19.9. The third-order valence-corrected chi connectivity index (χ3v) is 3.57. The third kappa shape index (κ3) is 2.39. The summed E-state index contributed by atoms with van der Waals surface area (Å²) in [5, 5.41) is 9.52. The zero-order valence-corrected chi connectivity index (χ0v) is 11.1. The number of hydrogen-bond donors (Lipinski definition) is 1. The van der Waals surface area contributed by atoms with Gasteiger partial charge in [0, 0.05) is 33.2 Å². The van der Waals surface area contributed by atoms with E-state index in [4.69, 9.17) is 0 Å². The number of likely N-dealkylation sites (N-methyl/N-ethyl adjacent to an activating group) is 1. The van der Waals surface area contributed by atoms with Crippen molar-refractivity contribution in [2.75, 3.05) is 33.2 Å². The molecular weight excluding hydrogens is 232 g/mol. The molecule has 1 N–H and O–H groups in total. The molecule has 6 heteroatoms. The lowest BCUT2D eigenvalue weighted by atomic mass is 10.1. The monoisotopic (exact) mass is 252 g/mol. The van der Waals surface area contributed by atoms with E-state index >= 15 is 0 Å². The minimum Gasteiger partial charge on any atom is -0.480 e. The average molecular weight is 252 g/mol. The first-order chi connectivity index (χ1) is 8.50. The number of nitrogens with zero attached hydrogens (tertiary/aromatic N) is 4. The van der Waals surface area contributed by atoms with Gasteiger partial charge in [0.1, 0.15) is 0 Å². The van der Waals surface area contributed by atoms with Crippen LogP contribution in [0, 0.1) is 6.92 Å². The fraction of sp³-hybridized carbons (Fsp3) is 0.667. The first-order valence-electron chi connectivity index (χ1n) is 6.14. The number of carboxylic acids is 1. The van der Waals surface area contributed by atoms with E-state index in [0.29, 0.717) is 0 Å². The fourth-order valence-electron chi connectivity index (χ4n) is 2.47. The first-order valence-corrected chi connectivity index (χ1v) is 6.14. The first kappa shape index (κ1) is 13.0. The van der Waals surface area contributed by atoms with Crippen LogP contribution < -0.4 is 0 Å². The van der Waals surface area contributed by atoms with Crippen molar-refractivity contribution in [3.05, 3.63) is 17.7 Å². The van der Waals surface area contributed by atoms with Gasteiger partial charge in [0.15, 0.2) is 6.04 Å². The Morgan fingerprint density at radius 1 is 1.33 bits per heavy atom. The number of carboxylic acid groups (broad SMARTS) is 1. The molecule has 0 saturated carbocycles. The molecule has 0 aromatic carbocycles. The van der Waals surface area contributed by atoms with Crippen molar-refractivity contribution in [1.82, 2.24) is 19.4 Å². The van der Waals surface area contributed by atoms with E-state index in [1.165, 1.54) is 0 Å². The molecular formula is C12H20N4O2. The van der Waals surface area contributed by atoms with E-state index in [2.05, 4.69) is 16.9 Å². The van der Waals surface area contributed by atoms with Crippen LogP contribution in [0.1, 0.15) is 17.4 Å². The summed E-state index contributed by atoms with van der Waals surface area (Å²) in [6, 6.07) is -0.591. The summed E-state index contributed by atoms with van der Waals surface area (Å²) >= 11 is 0. The summed E-state index contributed by atoms with van der Waals surface area (Å²) in [4.78, 5) is 20.0. The predicted molar refractivity (Wildman–Crippen MR) is 67.4 cm³/mol. The second-order valence-corrected chi connectivity index (χ2v) is 4.91. The van der Waals surface area contributed by atoms with Crippen LogP contribution in [0.25, 0.3) is 0 Å². The van der Waals surface area contributed by atoms with Crippen LogP contribution in [-0.4, -0.2) is 63.7 Å². The molecule has 0 radical (unpaired) electrons. The Balaban J connectivity index is 2.27. The molecule has 100 valence electrons. The maximum absolute atomic E-state index is 11.6. The van der Waals surface area contributed by atoms with Gasteiger partial charge in [-0.25, -0.2) is 4.98 Å². The van der Waals surface area contributed by atoms with Gasteiger partial charge in [0.05, 0.1) is 17.7 Å². The van der Waals surface area contributed by atoms with Crippen molar-refractivity contribution < 1.29 is 9.90 Å². The number of hydrogen-bond acceptors (Lipinski definition) is 4. The van der Waals surface area contributed by atoms with Gasteiger partial charge in [-0.3, -0.25) is 9.69 Å². The molecule has 2 heterocycles. The molecule has 1 fully saturated rings. The zero-order valence-electron chi connectivity index (χ0n) is 11.1. The highest BCUT2D eigenvalue weighted by molar-refractivity contribution is 5.75. The summed E-state index contributed by atoms with van der Waals surface area (Å²) in [6.07, 6.45) is 1.68. The van der Waals surface area contributed by atoms with Gasteiger partial charge in [0.25, 0.3) is 0 Å². The van der Waals surface area contributed by atoms with E-state index in [1.54, 1.807) is 6.33 Å². The largest absolute Gasteiger partial charge is 0.480 e. The van der Waals surface area contributed by atoms with Gasteiger partial charge < -0.3 is 14.6 Å². The molecule has 0 bridgehead atoms. The van der Waals surface area contributed by atoms with Gasteiger partial charge in [-0.15, -0.1) is 0 Å². The molecule has 1 aromatic rings. The maximum Gasteiger partial charge on any atom is 0.327 e. The van der Waals surface area contributed by atoms with Gasteiger partial charge in [0.2, 0.25) is 0 Å². The highest BCUT2D eigenvalue weighted by Crippen LogP contribution is 2.24. The van der Waals surface area contributed by atoms with Crippen molar-refractivity contribution >= 4 is 5.97 Å². The molecule has 0 aliphatic carbocycles. The van der Waals surface area contributed by atoms with Crippen molar-refractivity contribution in [3.63, 3.8) is 0 Å². The average Bonchev–Trinajstić information content (AvgIpc) is 2.63. The summed E-state index contributed by atoms with van der Waals surface area (Å²) in [5.74, 6) is -0.800. The quantitative estimate of drug-likeness (QED) is 0.827. The van der Waals surface area contributed by atoms with Crippen molar-refractivity contribution in [2.45, 2.75) is 13.0 Å². The van der Waals surface area contributed by atoms with Gasteiger partial charge in [-0.2, -0.15) is 0 Å². The van der Waals surface area contributed by atoms with Gasteiger partial charge in [-0.1, -0.05) is 0 Å². The number of aliphatic carboxylic acids is 1. The number of piperazine rings is 1. The Morgan fingerprint density at radius 2 is 1.94 bits per heavy atom. The van der Waals surface area contributed by atoms with E-state index in [1.807, 2.05) is 23.4 Å². The van der Waals surface area contributed by atoms with Crippen LogP contribution in [0.15, 0.2) is 6.33 Å². The second kappa shape index (κ2) is 5.07. The van der Waals surface area contributed by atoms with Crippen molar-refractivity contribution in [2.24, 2.45) is 7.05 Å². The Kier molecular flexibility index (Phi) is 3.68. The van der Waals surface area contributed by atoms with E-state index in [0.717, 1.165) is 37.6 Å². The molecule has 1 saturated heterocycles. The van der Waals surface area contributed by atoms with Crippen LogP contribution in [0.3, 0.4) is 0 Å². The minimum atomic E-state index is -0.800. The summed E-state index contributed by atoms with van der Waals surface area (Å²) < 4.78 is 1.81. The molecule has 6 nitrogen and oxygen atoms in total. The van der Waals surface area contributed by atoms with Gasteiger partial charge >= 0.3 is 5.97 Å². The van der Waals surface area contributed by atoms with Crippen LogP contribution in [0.5, 0.6) is 0 Å². The Labute approximate surface area is 107 Å². The molecule has 0 spiro atoms. The number of carbonyl (C=O) groups is 1. The lowest BCUT2D eigenvalue weighted by molar-refractivity contribution is -0.144. The highest BCUT2D eigenvalue weighted by atomic mass is 16.4. The van der Waals surface area contributed by atoms with Crippen LogP contribution in [0.2, 0.25) is 0 Å². The lowest BCUT2D eigenvalue weighted by Gasteiger charge is -2.36. The predicted octanol–water partition coefficient (Wildman–Crippen LogP) is 0.102. The van der Waals surface area contributed by atoms with Crippen molar-refractivity contribution in [1.29, 1.82) is 0 Å². The zero-order chi connectivity index (χ0) is 13.3. The van der Waals surface area contributed by atoms with Crippen LogP contribution in [0.4, 0.5) is 0 Å². The molecule has 1 aliphatic rings. The Morgan fingerprint density at radius 3 is 2.39 bits per heavy atom. The smallest absolute Gasteiger partial charge is 0.327 e. The fourth-order valence-corrected chi connectivity index (χ4v) is 2.47. The molecule has 2 rings (SSSR count). The lowest BCUT2D eigenvalue weighted by Crippen LogP contribution is -2.48. The SMILES string of the molecule is Cc1ncn(C)c1C(C(=O)O)N1CCN(C)CC1. The molecule has 0 amide bonds. The number of imidazole rings is 1. The van der Waals surface area contributed by atoms with E-state index < -0.39 is 12.0 Å². The summed E-state index contributed by atoms with van der Waals surface area (Å²) in [6.45, 7) is 5.22. The Hall–Kier alpha value is -1.40. The minimum absolute atomic E-state index is 0.591. The van der Waals surface area contributed by atoms with Gasteiger partial charge in [-0.05, 0) is 14.0 Å². The Bertz CT molecular complexity index is 416. The van der Waals surface area contributed by atoms with E-state index in [-0.39, 0.29) is 0 Å². The summed E-state index contributed by atoms with van der Waals surface area (Å²) in [5.41, 5.74) is 1.58. The number of aryl methyl sites for hydroxylation is 2. The molecule has 18 heavy (non-hydrogen) atoms. The van der Waals surface area contributed by atoms with E-state index in [9.17, 15) is 9.90 Å². The standard InChI is InChI=1S/C12H20N4O2/c1-9-10(15(3)8-13-9)11(12(17)18)16-6-4-14(2)5-7-16/h8,11H,4-7H2,1-3H3,(H,17,18). The molecule has 1 atom stereocenters. The second-order valence-electron chi connectivity index (χ2n) is 4.91. The maximum atomic E-state index is 11.6. The highest BCUT2D eigenvalue weighted by Gasteiger charge is 2.32. The molecule has 1 aromatic heterocycles. The van der Waals surface area contributed by atoms with Crippen LogP contribution in [-0.2, 0) is 11.8 Å². The van der Waals surface area contributed by atoms with Crippen molar-refractivity contribution in [3.8, 4) is 0 Å². The van der Waals surface area contributed by atoms with Crippen LogP contribution >= 0.6 is 0 Å². The molecule has 1 aliphatic heterocycles. The molecule has 1 unspecified atom stereocenters. The summed E-state index contributed by atoms with van der Waals surface area (Å²) in [7, 11) is 3.91. The number of rotatable bonds is 3. The third-order valence-electron chi connectivity index (χ3n) is 3.57.